The molecule has 7 nitrogen and oxygen atoms in total. The Kier molecular flexibility index (Phi) is 4.72. The van der Waals surface area contributed by atoms with Crippen LogP contribution >= 0.6 is 0 Å². The van der Waals surface area contributed by atoms with Crippen LogP contribution < -0.4 is 10.7 Å². The largest absolute Gasteiger partial charge is 0.478 e. The lowest BCUT2D eigenvalue weighted by Gasteiger charge is -2.13. The van der Waals surface area contributed by atoms with Gasteiger partial charge in [0.15, 0.2) is 0 Å². The van der Waals surface area contributed by atoms with E-state index in [2.05, 4.69) is 10.7 Å². The Morgan fingerprint density at radius 1 is 1.11 bits per heavy atom. The number of hydrogen-bond acceptors (Lipinski definition) is 4. The van der Waals surface area contributed by atoms with Crippen molar-refractivity contribution in [3.05, 3.63) is 77.6 Å². The predicted octanol–water partition coefficient (Wildman–Crippen LogP) is 3.09. The highest BCUT2D eigenvalue weighted by Gasteiger charge is 2.26. The molecule has 7 heteroatoms. The molecule has 0 bridgehead atoms. The number of aliphatic carboxylic acids is 1. The van der Waals surface area contributed by atoms with Crippen LogP contribution in [0.5, 0.6) is 0 Å². The van der Waals surface area contributed by atoms with E-state index in [1.54, 1.807) is 0 Å². The Bertz CT molecular complexity index is 1070. The third-order valence-electron chi connectivity index (χ3n) is 4.65. The van der Waals surface area contributed by atoms with Crippen LogP contribution in [0, 0.1) is 0 Å². The molecule has 1 aliphatic rings. The number of ether oxygens (including phenoxy) is 1. The summed E-state index contributed by atoms with van der Waals surface area (Å²) in [4.78, 5) is 24.3. The van der Waals surface area contributed by atoms with Crippen molar-refractivity contribution >= 4 is 28.5 Å². The third-order valence-corrected chi connectivity index (χ3v) is 4.65. The van der Waals surface area contributed by atoms with Crippen molar-refractivity contribution in [1.82, 2.24) is 9.99 Å². The summed E-state index contributed by atoms with van der Waals surface area (Å²) in [6.07, 6.45) is 1.45. The quantitative estimate of drug-likeness (QED) is 0.650. The highest BCUT2D eigenvalue weighted by molar-refractivity contribution is 6.17. The van der Waals surface area contributed by atoms with E-state index in [0.29, 0.717) is 18.7 Å². The molecule has 28 heavy (non-hydrogen) atoms. The van der Waals surface area contributed by atoms with Gasteiger partial charge in [0.2, 0.25) is 0 Å². The van der Waals surface area contributed by atoms with E-state index in [4.69, 9.17) is 4.74 Å². The van der Waals surface area contributed by atoms with Crippen LogP contribution in [0.2, 0.25) is 0 Å². The van der Waals surface area contributed by atoms with Crippen molar-refractivity contribution in [3.8, 4) is 0 Å². The number of carboxylic acids is 1. The number of nitrogens with zero attached hydrogens (tertiary/aromatic N) is 1. The fraction of sp³-hybridized carbons (Fsp3) is 0.143. The molecule has 3 aromatic rings. The first-order valence-electron chi connectivity index (χ1n) is 8.92. The minimum atomic E-state index is -1.07. The van der Waals surface area contributed by atoms with E-state index >= 15 is 0 Å². The lowest BCUT2D eigenvalue weighted by molar-refractivity contribution is -0.130. The Labute approximate surface area is 161 Å². The molecule has 0 fully saturated rings. The molecule has 0 atom stereocenters. The standard InChI is InChI=1S/C21H19N3O4/c25-20(26)17-12-22-11-10-16-15-8-4-5-9-18(15)24(19(16)17)23-21(27)28-13-14-6-2-1-3-7-14/h1-9,12,22H,10-11,13H2,(H,23,27)(H,25,26). The topological polar surface area (TPSA) is 92.6 Å². The van der Waals surface area contributed by atoms with Gasteiger partial charge in [0.25, 0.3) is 0 Å². The Hall–Kier alpha value is -3.74. The number of nitrogens with one attached hydrogen (secondary N) is 2. The molecule has 3 N–H and O–H groups in total. The Morgan fingerprint density at radius 2 is 1.86 bits per heavy atom. The fourth-order valence-corrected chi connectivity index (χ4v) is 3.41. The molecule has 0 aliphatic carbocycles. The van der Waals surface area contributed by atoms with Gasteiger partial charge in [-0.3, -0.25) is 0 Å². The zero-order chi connectivity index (χ0) is 19.5. The average molecular weight is 377 g/mol. The Morgan fingerprint density at radius 3 is 2.64 bits per heavy atom. The van der Waals surface area contributed by atoms with Gasteiger partial charge in [-0.2, -0.15) is 0 Å². The second kappa shape index (κ2) is 7.48. The van der Waals surface area contributed by atoms with E-state index in [1.165, 1.54) is 10.9 Å². The molecule has 1 amide bonds. The molecule has 0 saturated heterocycles. The molecule has 2 aromatic carbocycles. The van der Waals surface area contributed by atoms with E-state index in [-0.39, 0.29) is 12.2 Å². The SMILES string of the molecule is O=C(Nn1c2c(c3ccccc31)CCNC=C2C(=O)O)OCc1ccccc1. The van der Waals surface area contributed by atoms with Crippen LogP contribution in [0.4, 0.5) is 4.79 Å². The van der Waals surface area contributed by atoms with Gasteiger partial charge in [0.1, 0.15) is 12.2 Å². The summed E-state index contributed by atoms with van der Waals surface area (Å²) in [5, 5.41) is 13.6. The summed E-state index contributed by atoms with van der Waals surface area (Å²) in [5.41, 5.74) is 5.70. The van der Waals surface area contributed by atoms with Gasteiger partial charge in [-0.15, -0.1) is 0 Å². The minimum absolute atomic E-state index is 0.0899. The molecule has 1 aromatic heterocycles. The number of benzene rings is 2. The Balaban J connectivity index is 1.70. The number of aromatic nitrogens is 1. The highest BCUT2D eigenvalue weighted by Crippen LogP contribution is 2.31. The first-order chi connectivity index (χ1) is 13.6. The molecule has 0 radical (unpaired) electrons. The number of amides is 1. The number of carboxylic acid groups (broad SMARTS) is 1. The van der Waals surface area contributed by atoms with Gasteiger partial charge in [-0.05, 0) is 23.6 Å². The lowest BCUT2D eigenvalue weighted by Crippen LogP contribution is -2.26. The van der Waals surface area contributed by atoms with Gasteiger partial charge < -0.3 is 15.2 Å². The zero-order valence-corrected chi connectivity index (χ0v) is 15.0. The van der Waals surface area contributed by atoms with Crippen molar-refractivity contribution in [2.24, 2.45) is 0 Å². The number of hydrogen-bond donors (Lipinski definition) is 3. The lowest BCUT2D eigenvalue weighted by atomic mass is 10.0. The summed E-state index contributed by atoms with van der Waals surface area (Å²) in [6.45, 7) is 0.730. The highest BCUT2D eigenvalue weighted by atomic mass is 16.6. The first-order valence-corrected chi connectivity index (χ1v) is 8.92. The first kappa shape index (κ1) is 17.7. The fourth-order valence-electron chi connectivity index (χ4n) is 3.41. The monoisotopic (exact) mass is 377 g/mol. The number of carbonyl (C=O) groups is 2. The van der Waals surface area contributed by atoms with Crippen LogP contribution in [0.15, 0.2) is 60.8 Å². The van der Waals surface area contributed by atoms with Crippen molar-refractivity contribution in [2.45, 2.75) is 13.0 Å². The van der Waals surface area contributed by atoms with E-state index in [9.17, 15) is 14.7 Å². The molecular weight excluding hydrogens is 358 g/mol. The summed E-state index contributed by atoms with van der Waals surface area (Å²) < 4.78 is 6.82. The second-order valence-corrected chi connectivity index (χ2v) is 6.42. The van der Waals surface area contributed by atoms with Crippen molar-refractivity contribution in [2.75, 3.05) is 12.0 Å². The summed E-state index contributed by atoms with van der Waals surface area (Å²) in [6, 6.07) is 16.8. The summed E-state index contributed by atoms with van der Waals surface area (Å²) in [5.74, 6) is -1.07. The van der Waals surface area contributed by atoms with Crippen LogP contribution in [0.1, 0.15) is 16.8 Å². The molecule has 0 saturated carbocycles. The number of rotatable bonds is 4. The van der Waals surface area contributed by atoms with Crippen LogP contribution in [-0.4, -0.2) is 28.4 Å². The predicted molar refractivity (Wildman–Crippen MR) is 105 cm³/mol. The minimum Gasteiger partial charge on any atom is -0.478 e. The van der Waals surface area contributed by atoms with Crippen molar-refractivity contribution in [1.29, 1.82) is 0 Å². The zero-order valence-electron chi connectivity index (χ0n) is 15.0. The van der Waals surface area contributed by atoms with E-state index < -0.39 is 12.1 Å². The smallest absolute Gasteiger partial charge is 0.426 e. The van der Waals surface area contributed by atoms with Crippen LogP contribution in [-0.2, 0) is 22.6 Å². The number of fused-ring (bicyclic) bond motifs is 3. The van der Waals surface area contributed by atoms with Gasteiger partial charge in [-0.1, -0.05) is 48.5 Å². The maximum atomic E-state index is 12.4. The number of para-hydroxylation sites is 1. The molecule has 2 heterocycles. The van der Waals surface area contributed by atoms with Gasteiger partial charge in [-0.25, -0.2) is 19.7 Å². The van der Waals surface area contributed by atoms with Gasteiger partial charge >= 0.3 is 12.1 Å². The van der Waals surface area contributed by atoms with Gasteiger partial charge in [0, 0.05) is 18.1 Å². The van der Waals surface area contributed by atoms with E-state index in [0.717, 1.165) is 22.0 Å². The summed E-state index contributed by atoms with van der Waals surface area (Å²) in [7, 11) is 0. The molecule has 142 valence electrons. The third kappa shape index (κ3) is 3.29. The maximum absolute atomic E-state index is 12.4. The average Bonchev–Trinajstić information content (AvgIpc) is 2.87. The molecule has 0 spiro atoms. The van der Waals surface area contributed by atoms with Crippen molar-refractivity contribution in [3.63, 3.8) is 0 Å². The molecular formula is C21H19N3O4. The second-order valence-electron chi connectivity index (χ2n) is 6.42. The van der Waals surface area contributed by atoms with E-state index in [1.807, 2.05) is 54.6 Å². The van der Waals surface area contributed by atoms with Crippen molar-refractivity contribution < 1.29 is 19.4 Å². The normalized spacial score (nSPS) is 13.1. The molecule has 4 rings (SSSR count). The maximum Gasteiger partial charge on any atom is 0.426 e. The molecule has 0 unspecified atom stereocenters. The summed E-state index contributed by atoms with van der Waals surface area (Å²) >= 11 is 0. The van der Waals surface area contributed by atoms with Crippen LogP contribution in [0.3, 0.4) is 0 Å². The van der Waals surface area contributed by atoms with Crippen LogP contribution in [0.25, 0.3) is 16.5 Å². The number of carbonyl (C=O) groups excluding carboxylic acids is 1. The molecule has 1 aliphatic heterocycles. The van der Waals surface area contributed by atoms with Gasteiger partial charge in [0.05, 0.1) is 11.2 Å².